The van der Waals surface area contributed by atoms with Crippen molar-refractivity contribution >= 4 is 0 Å². The standard InChI is InChI=1S/C12H19NO3/c1-2-10(9-13)11(14)3-5-12(6-4-11)15-7-8-16-12/h10,14H,2-8H2,1H3. The van der Waals surface area contributed by atoms with Crippen LogP contribution in [0.5, 0.6) is 0 Å². The second kappa shape index (κ2) is 4.33. The normalized spacial score (nSPS) is 28.8. The van der Waals surface area contributed by atoms with Crippen LogP contribution in [0.2, 0.25) is 0 Å². The molecule has 0 aromatic heterocycles. The van der Waals surface area contributed by atoms with Gasteiger partial charge in [0.2, 0.25) is 0 Å². The van der Waals surface area contributed by atoms with Gasteiger partial charge in [0, 0.05) is 12.8 Å². The van der Waals surface area contributed by atoms with Crippen molar-refractivity contribution in [3.63, 3.8) is 0 Å². The van der Waals surface area contributed by atoms with Crippen molar-refractivity contribution in [2.24, 2.45) is 5.92 Å². The highest BCUT2D eigenvalue weighted by atomic mass is 16.7. The molecule has 1 aliphatic heterocycles. The molecule has 90 valence electrons. The van der Waals surface area contributed by atoms with Crippen LogP contribution in [-0.4, -0.2) is 29.7 Å². The smallest absolute Gasteiger partial charge is 0.168 e. The summed E-state index contributed by atoms with van der Waals surface area (Å²) in [6.45, 7) is 3.24. The highest BCUT2D eigenvalue weighted by Gasteiger charge is 2.48. The number of hydrogen-bond acceptors (Lipinski definition) is 4. The molecule has 2 rings (SSSR count). The molecule has 0 bridgehead atoms. The molecule has 0 aromatic rings. The minimum atomic E-state index is -0.843. The van der Waals surface area contributed by atoms with Crippen molar-refractivity contribution in [2.45, 2.75) is 50.4 Å². The Kier molecular flexibility index (Phi) is 3.20. The van der Waals surface area contributed by atoms with Crippen LogP contribution in [0.4, 0.5) is 0 Å². The summed E-state index contributed by atoms with van der Waals surface area (Å²) in [7, 11) is 0. The van der Waals surface area contributed by atoms with E-state index < -0.39 is 11.4 Å². The second-order valence-electron chi connectivity index (χ2n) is 4.80. The van der Waals surface area contributed by atoms with Crippen molar-refractivity contribution in [1.82, 2.24) is 0 Å². The van der Waals surface area contributed by atoms with Gasteiger partial charge in [-0.05, 0) is 19.3 Å². The number of ether oxygens (including phenoxy) is 2. The molecule has 1 unspecified atom stereocenters. The van der Waals surface area contributed by atoms with E-state index in [1.54, 1.807) is 0 Å². The first-order valence-electron chi connectivity index (χ1n) is 6.04. The van der Waals surface area contributed by atoms with Gasteiger partial charge < -0.3 is 14.6 Å². The Balaban J connectivity index is 2.00. The average Bonchev–Trinajstić information content (AvgIpc) is 2.74. The van der Waals surface area contributed by atoms with E-state index in [1.807, 2.05) is 6.92 Å². The van der Waals surface area contributed by atoms with Crippen LogP contribution in [-0.2, 0) is 9.47 Å². The minimum absolute atomic E-state index is 0.272. The fourth-order valence-electron chi connectivity index (χ4n) is 2.79. The van der Waals surface area contributed by atoms with Gasteiger partial charge in [-0.1, -0.05) is 6.92 Å². The lowest BCUT2D eigenvalue weighted by atomic mass is 9.73. The Labute approximate surface area is 96.2 Å². The van der Waals surface area contributed by atoms with Gasteiger partial charge >= 0.3 is 0 Å². The minimum Gasteiger partial charge on any atom is -0.389 e. The van der Waals surface area contributed by atoms with E-state index >= 15 is 0 Å². The van der Waals surface area contributed by atoms with Gasteiger partial charge in [-0.3, -0.25) is 0 Å². The molecule has 1 spiro atoms. The zero-order valence-corrected chi connectivity index (χ0v) is 9.74. The number of nitrogens with zero attached hydrogens (tertiary/aromatic N) is 1. The lowest BCUT2D eigenvalue weighted by Gasteiger charge is -2.42. The Hall–Kier alpha value is -0.630. The summed E-state index contributed by atoms with van der Waals surface area (Å²) < 4.78 is 11.2. The Morgan fingerprint density at radius 1 is 1.25 bits per heavy atom. The van der Waals surface area contributed by atoms with Gasteiger partial charge in [0.05, 0.1) is 30.8 Å². The van der Waals surface area contributed by atoms with Crippen molar-refractivity contribution in [1.29, 1.82) is 5.26 Å². The van der Waals surface area contributed by atoms with Crippen LogP contribution >= 0.6 is 0 Å². The molecule has 1 saturated heterocycles. The molecule has 1 heterocycles. The molecular formula is C12H19NO3. The van der Waals surface area contributed by atoms with Crippen LogP contribution in [0.3, 0.4) is 0 Å². The monoisotopic (exact) mass is 225 g/mol. The van der Waals surface area contributed by atoms with Crippen molar-refractivity contribution in [3.8, 4) is 6.07 Å². The number of aliphatic hydroxyl groups is 1. The molecule has 1 saturated carbocycles. The van der Waals surface area contributed by atoms with Crippen LogP contribution in [0, 0.1) is 17.2 Å². The molecule has 0 aromatic carbocycles. The second-order valence-corrected chi connectivity index (χ2v) is 4.80. The van der Waals surface area contributed by atoms with Gasteiger partial charge in [-0.15, -0.1) is 0 Å². The zero-order chi connectivity index (χ0) is 11.6. The molecule has 1 N–H and O–H groups in total. The average molecular weight is 225 g/mol. The fourth-order valence-corrected chi connectivity index (χ4v) is 2.79. The van der Waals surface area contributed by atoms with E-state index in [0.29, 0.717) is 45.3 Å². The first kappa shape index (κ1) is 11.8. The largest absolute Gasteiger partial charge is 0.389 e. The molecule has 1 aliphatic carbocycles. The molecule has 1 atom stereocenters. The number of rotatable bonds is 2. The summed E-state index contributed by atoms with van der Waals surface area (Å²) in [6.07, 6.45) is 3.28. The zero-order valence-electron chi connectivity index (χ0n) is 9.74. The highest BCUT2D eigenvalue weighted by molar-refractivity contribution is 5.02. The molecule has 16 heavy (non-hydrogen) atoms. The lowest BCUT2D eigenvalue weighted by molar-refractivity contribution is -0.207. The van der Waals surface area contributed by atoms with Crippen LogP contribution in [0.15, 0.2) is 0 Å². The van der Waals surface area contributed by atoms with E-state index in [2.05, 4.69) is 6.07 Å². The third kappa shape index (κ3) is 1.95. The Morgan fingerprint density at radius 3 is 2.25 bits per heavy atom. The van der Waals surface area contributed by atoms with E-state index in [-0.39, 0.29) is 5.92 Å². The first-order valence-corrected chi connectivity index (χ1v) is 6.04. The van der Waals surface area contributed by atoms with Gasteiger partial charge in [0.15, 0.2) is 5.79 Å². The molecular weight excluding hydrogens is 206 g/mol. The topological polar surface area (TPSA) is 62.5 Å². The first-order chi connectivity index (χ1) is 7.64. The van der Waals surface area contributed by atoms with Crippen LogP contribution in [0.1, 0.15) is 39.0 Å². The van der Waals surface area contributed by atoms with E-state index in [9.17, 15) is 5.11 Å². The molecule has 4 heteroatoms. The SMILES string of the molecule is CCC(C#N)C1(O)CCC2(CC1)OCCO2. The maximum atomic E-state index is 10.4. The van der Waals surface area contributed by atoms with Crippen LogP contribution in [0.25, 0.3) is 0 Å². The Morgan fingerprint density at radius 2 is 1.81 bits per heavy atom. The van der Waals surface area contributed by atoms with E-state index in [4.69, 9.17) is 14.7 Å². The molecule has 2 fully saturated rings. The number of hydrogen-bond donors (Lipinski definition) is 1. The van der Waals surface area contributed by atoms with Gasteiger partial charge in [0.25, 0.3) is 0 Å². The molecule has 2 aliphatic rings. The summed E-state index contributed by atoms with van der Waals surface area (Å²) in [6, 6.07) is 2.21. The van der Waals surface area contributed by atoms with Gasteiger partial charge in [-0.2, -0.15) is 5.26 Å². The maximum Gasteiger partial charge on any atom is 0.168 e. The molecule has 0 amide bonds. The van der Waals surface area contributed by atoms with Crippen molar-refractivity contribution < 1.29 is 14.6 Å². The molecule has 0 radical (unpaired) electrons. The van der Waals surface area contributed by atoms with E-state index in [0.717, 1.165) is 0 Å². The quantitative estimate of drug-likeness (QED) is 0.775. The highest BCUT2D eigenvalue weighted by Crippen LogP contribution is 2.43. The summed E-state index contributed by atoms with van der Waals surface area (Å²) in [5.74, 6) is -0.730. The van der Waals surface area contributed by atoms with Gasteiger partial charge in [-0.25, -0.2) is 0 Å². The predicted octanol–water partition coefficient (Wildman–Crippen LogP) is 1.58. The summed E-state index contributed by atoms with van der Waals surface area (Å²) in [5, 5.41) is 19.5. The summed E-state index contributed by atoms with van der Waals surface area (Å²) in [4.78, 5) is 0. The van der Waals surface area contributed by atoms with Crippen LogP contribution < -0.4 is 0 Å². The lowest BCUT2D eigenvalue weighted by Crippen LogP contribution is -2.47. The third-order valence-electron chi connectivity index (χ3n) is 3.90. The Bertz CT molecular complexity index is 281. The summed E-state index contributed by atoms with van der Waals surface area (Å²) >= 11 is 0. The van der Waals surface area contributed by atoms with Gasteiger partial charge in [0.1, 0.15) is 0 Å². The van der Waals surface area contributed by atoms with E-state index in [1.165, 1.54) is 0 Å². The number of nitriles is 1. The predicted molar refractivity (Wildman–Crippen MR) is 57.4 cm³/mol. The summed E-state index contributed by atoms with van der Waals surface area (Å²) in [5.41, 5.74) is -0.843. The third-order valence-corrected chi connectivity index (χ3v) is 3.90. The van der Waals surface area contributed by atoms with Crippen molar-refractivity contribution in [3.05, 3.63) is 0 Å². The molecule has 4 nitrogen and oxygen atoms in total. The van der Waals surface area contributed by atoms with Crippen molar-refractivity contribution in [2.75, 3.05) is 13.2 Å². The maximum absolute atomic E-state index is 10.4. The fraction of sp³-hybridized carbons (Fsp3) is 0.917.